The molecule has 0 spiro atoms. The average Bonchev–Trinajstić information content (AvgIpc) is 2.92. The van der Waals surface area contributed by atoms with E-state index in [9.17, 15) is 0 Å². The molecular weight excluding hydrogens is 322 g/mol. The zero-order valence-corrected chi connectivity index (χ0v) is 12.9. The summed E-state index contributed by atoms with van der Waals surface area (Å²) in [6.45, 7) is 1.17. The molecule has 0 saturated carbocycles. The number of nitrogens with two attached hydrogens (primary N) is 1. The monoisotopic (exact) mass is 341 g/mol. The number of nitrogens with zero attached hydrogens (tertiary/aromatic N) is 2. The van der Waals surface area contributed by atoms with Crippen LogP contribution >= 0.6 is 15.9 Å². The van der Waals surface area contributed by atoms with Crippen molar-refractivity contribution in [3.63, 3.8) is 0 Å². The van der Waals surface area contributed by atoms with Gasteiger partial charge in [0.25, 0.3) is 0 Å². The van der Waals surface area contributed by atoms with Crippen LogP contribution in [0.4, 0.5) is 5.69 Å². The lowest BCUT2D eigenvalue weighted by Crippen LogP contribution is -2.32. The molecule has 1 atom stereocenters. The molecule has 0 aromatic heterocycles. The van der Waals surface area contributed by atoms with E-state index < -0.39 is 0 Å². The average molecular weight is 342 g/mol. The molecule has 110 valence electrons. The molecule has 1 aliphatic heterocycles. The van der Waals surface area contributed by atoms with E-state index in [2.05, 4.69) is 26.0 Å². The molecule has 1 fully saturated rings. The SMILES string of the molecule is N/C(=N/O)c1c(Br)cccc1N1CCCC1CCCO. The van der Waals surface area contributed by atoms with Gasteiger partial charge in [0.15, 0.2) is 5.84 Å². The van der Waals surface area contributed by atoms with Gasteiger partial charge in [0.05, 0.1) is 5.56 Å². The fourth-order valence-electron chi connectivity index (χ4n) is 2.84. The summed E-state index contributed by atoms with van der Waals surface area (Å²) in [5.41, 5.74) is 7.52. The van der Waals surface area contributed by atoms with Gasteiger partial charge >= 0.3 is 0 Å². The van der Waals surface area contributed by atoms with Gasteiger partial charge < -0.3 is 20.9 Å². The highest BCUT2D eigenvalue weighted by Crippen LogP contribution is 2.34. The van der Waals surface area contributed by atoms with Crippen molar-refractivity contribution in [1.29, 1.82) is 0 Å². The van der Waals surface area contributed by atoms with Gasteiger partial charge in [-0.15, -0.1) is 0 Å². The van der Waals surface area contributed by atoms with Crippen molar-refractivity contribution in [2.45, 2.75) is 31.7 Å². The molecule has 1 aromatic rings. The van der Waals surface area contributed by atoms with Crippen LogP contribution in [-0.2, 0) is 0 Å². The Balaban J connectivity index is 2.34. The highest BCUT2D eigenvalue weighted by Gasteiger charge is 2.27. The van der Waals surface area contributed by atoms with E-state index in [1.807, 2.05) is 18.2 Å². The summed E-state index contributed by atoms with van der Waals surface area (Å²) in [7, 11) is 0. The van der Waals surface area contributed by atoms with Gasteiger partial charge in [-0.2, -0.15) is 0 Å². The number of benzene rings is 1. The molecule has 1 aromatic carbocycles. The summed E-state index contributed by atoms with van der Waals surface area (Å²) in [4.78, 5) is 2.30. The molecule has 20 heavy (non-hydrogen) atoms. The molecule has 6 heteroatoms. The smallest absolute Gasteiger partial charge is 0.173 e. The summed E-state index contributed by atoms with van der Waals surface area (Å²) < 4.78 is 0.818. The number of anilines is 1. The maximum atomic E-state index is 9.01. The van der Waals surface area contributed by atoms with E-state index in [-0.39, 0.29) is 12.4 Å². The Morgan fingerprint density at radius 1 is 1.50 bits per heavy atom. The lowest BCUT2D eigenvalue weighted by Gasteiger charge is -2.29. The standard InChI is InChI=1S/C14H20BrN3O2/c15-11-6-1-7-12(13(11)14(16)17-20)18-8-2-4-10(18)5-3-9-19/h1,6-7,10,19-20H,2-5,8-9H2,(H2,16,17). The van der Waals surface area contributed by atoms with Gasteiger partial charge in [-0.25, -0.2) is 0 Å². The van der Waals surface area contributed by atoms with E-state index in [4.69, 9.17) is 16.0 Å². The van der Waals surface area contributed by atoms with Crippen LogP contribution in [0, 0.1) is 0 Å². The minimum atomic E-state index is 0.111. The zero-order valence-electron chi connectivity index (χ0n) is 11.3. The molecule has 1 saturated heterocycles. The largest absolute Gasteiger partial charge is 0.409 e. The summed E-state index contributed by atoms with van der Waals surface area (Å²) in [5.74, 6) is 0.111. The topological polar surface area (TPSA) is 82.1 Å². The molecule has 1 aliphatic rings. The second-order valence-electron chi connectivity index (χ2n) is 4.97. The van der Waals surface area contributed by atoms with Gasteiger partial charge in [0.1, 0.15) is 0 Å². The molecule has 0 bridgehead atoms. The van der Waals surface area contributed by atoms with Crippen molar-refractivity contribution in [1.82, 2.24) is 0 Å². The number of aliphatic hydroxyl groups excluding tert-OH is 1. The van der Waals surface area contributed by atoms with E-state index in [1.54, 1.807) is 0 Å². The predicted molar refractivity (Wildman–Crippen MR) is 83.3 cm³/mol. The number of rotatable bonds is 5. The second kappa shape index (κ2) is 6.95. The van der Waals surface area contributed by atoms with Crippen molar-refractivity contribution >= 4 is 27.5 Å². The Labute approximate surface area is 127 Å². The molecule has 2 rings (SSSR count). The van der Waals surface area contributed by atoms with Crippen LogP contribution < -0.4 is 10.6 Å². The third kappa shape index (κ3) is 3.07. The first kappa shape index (κ1) is 15.1. The number of aliphatic hydroxyl groups is 1. The van der Waals surface area contributed by atoms with E-state index in [0.29, 0.717) is 6.04 Å². The van der Waals surface area contributed by atoms with E-state index >= 15 is 0 Å². The normalized spacial score (nSPS) is 19.6. The molecule has 0 radical (unpaired) electrons. The maximum absolute atomic E-state index is 9.01. The Morgan fingerprint density at radius 3 is 3.00 bits per heavy atom. The third-order valence-corrected chi connectivity index (χ3v) is 4.40. The van der Waals surface area contributed by atoms with Gasteiger partial charge in [0.2, 0.25) is 0 Å². The first-order valence-corrected chi connectivity index (χ1v) is 7.62. The minimum Gasteiger partial charge on any atom is -0.409 e. The quantitative estimate of drug-likeness (QED) is 0.332. The summed E-state index contributed by atoms with van der Waals surface area (Å²) in [5, 5.41) is 21.1. The maximum Gasteiger partial charge on any atom is 0.173 e. The van der Waals surface area contributed by atoms with E-state index in [1.165, 1.54) is 0 Å². The highest BCUT2D eigenvalue weighted by molar-refractivity contribution is 9.10. The predicted octanol–water partition coefficient (Wildman–Crippen LogP) is 2.28. The fourth-order valence-corrected chi connectivity index (χ4v) is 3.39. The van der Waals surface area contributed by atoms with Gasteiger partial charge in [0, 0.05) is 29.4 Å². The summed E-state index contributed by atoms with van der Waals surface area (Å²) >= 11 is 3.47. The molecule has 5 nitrogen and oxygen atoms in total. The molecule has 1 heterocycles. The Morgan fingerprint density at radius 2 is 2.30 bits per heavy atom. The fraction of sp³-hybridized carbons (Fsp3) is 0.500. The van der Waals surface area contributed by atoms with Gasteiger partial charge in [-0.3, -0.25) is 0 Å². The summed E-state index contributed by atoms with van der Waals surface area (Å²) in [6.07, 6.45) is 3.99. The number of oxime groups is 1. The van der Waals surface area contributed by atoms with Gasteiger partial charge in [-0.1, -0.05) is 11.2 Å². The first-order valence-electron chi connectivity index (χ1n) is 6.83. The molecule has 4 N–H and O–H groups in total. The Bertz CT molecular complexity index is 493. The second-order valence-corrected chi connectivity index (χ2v) is 5.83. The number of amidine groups is 1. The lowest BCUT2D eigenvalue weighted by molar-refractivity contribution is 0.279. The van der Waals surface area contributed by atoms with Crippen LogP contribution in [-0.4, -0.2) is 35.3 Å². The number of halogens is 1. The van der Waals surface area contributed by atoms with Crippen molar-refractivity contribution in [3.8, 4) is 0 Å². The number of hydrogen-bond acceptors (Lipinski definition) is 4. The highest BCUT2D eigenvalue weighted by atomic mass is 79.9. The minimum absolute atomic E-state index is 0.111. The lowest BCUT2D eigenvalue weighted by atomic mass is 10.1. The van der Waals surface area contributed by atoms with E-state index in [0.717, 1.165) is 48.0 Å². The van der Waals surface area contributed by atoms with Crippen molar-refractivity contribution < 1.29 is 10.3 Å². The number of hydrogen-bond donors (Lipinski definition) is 3. The van der Waals surface area contributed by atoms with Gasteiger partial charge in [-0.05, 0) is 53.7 Å². The Hall–Kier alpha value is -1.27. The molecular formula is C14H20BrN3O2. The molecule has 1 unspecified atom stereocenters. The van der Waals surface area contributed by atoms with Crippen molar-refractivity contribution in [2.24, 2.45) is 10.9 Å². The molecule has 0 aliphatic carbocycles. The molecule has 0 amide bonds. The first-order chi connectivity index (χ1) is 9.69. The van der Waals surface area contributed by atoms with Crippen LogP contribution in [0.25, 0.3) is 0 Å². The van der Waals surface area contributed by atoms with Crippen LogP contribution in [0.5, 0.6) is 0 Å². The van der Waals surface area contributed by atoms with Crippen molar-refractivity contribution in [3.05, 3.63) is 28.2 Å². The third-order valence-electron chi connectivity index (χ3n) is 3.74. The summed E-state index contributed by atoms with van der Waals surface area (Å²) in [6, 6.07) is 6.24. The van der Waals surface area contributed by atoms with Crippen molar-refractivity contribution in [2.75, 3.05) is 18.1 Å². The van der Waals surface area contributed by atoms with Crippen LogP contribution in [0.1, 0.15) is 31.2 Å². The van der Waals surface area contributed by atoms with Crippen LogP contribution in [0.2, 0.25) is 0 Å². The zero-order chi connectivity index (χ0) is 14.5. The Kier molecular flexibility index (Phi) is 5.25. The van der Waals surface area contributed by atoms with Crippen LogP contribution in [0.3, 0.4) is 0 Å². The van der Waals surface area contributed by atoms with Crippen LogP contribution in [0.15, 0.2) is 27.8 Å².